The van der Waals surface area contributed by atoms with E-state index in [0.717, 1.165) is 0 Å². The van der Waals surface area contributed by atoms with Crippen LogP contribution in [0.1, 0.15) is 24.2 Å². The lowest BCUT2D eigenvalue weighted by Crippen LogP contribution is -2.24. The van der Waals surface area contributed by atoms with Gasteiger partial charge in [-0.15, -0.1) is 0 Å². The van der Waals surface area contributed by atoms with E-state index >= 15 is 0 Å². The summed E-state index contributed by atoms with van der Waals surface area (Å²) in [6.45, 7) is 1.69. The molecule has 0 spiro atoms. The van der Waals surface area contributed by atoms with Crippen LogP contribution >= 0.6 is 0 Å². The Morgan fingerprint density at radius 3 is 2.52 bits per heavy atom. The van der Waals surface area contributed by atoms with Crippen LogP contribution in [0.2, 0.25) is 0 Å². The summed E-state index contributed by atoms with van der Waals surface area (Å²) in [6, 6.07) is 10.7. The van der Waals surface area contributed by atoms with Gasteiger partial charge in [0, 0.05) is 12.1 Å². The van der Waals surface area contributed by atoms with E-state index in [0.29, 0.717) is 11.3 Å². The van der Waals surface area contributed by atoms with Crippen molar-refractivity contribution < 1.29 is 14.4 Å². The maximum atomic E-state index is 12.9. The van der Waals surface area contributed by atoms with Crippen LogP contribution in [0.5, 0.6) is 0 Å². The van der Waals surface area contributed by atoms with Crippen molar-refractivity contribution in [2.24, 2.45) is 0 Å². The van der Waals surface area contributed by atoms with Crippen LogP contribution in [0, 0.1) is 27.3 Å². The van der Waals surface area contributed by atoms with Gasteiger partial charge in [0.15, 0.2) is 0 Å². The van der Waals surface area contributed by atoms with Gasteiger partial charge in [-0.1, -0.05) is 12.1 Å². The van der Waals surface area contributed by atoms with Crippen LogP contribution in [0.4, 0.5) is 15.8 Å². The molecule has 0 aromatic heterocycles. The van der Waals surface area contributed by atoms with Crippen LogP contribution in [0.15, 0.2) is 42.5 Å². The first-order valence-corrected chi connectivity index (χ1v) is 6.81. The summed E-state index contributed by atoms with van der Waals surface area (Å²) in [5.74, 6) is -0.399. The number of benzene rings is 2. The number of nitrogens with one attached hydrogen (secondary N) is 1. The highest BCUT2D eigenvalue weighted by molar-refractivity contribution is 5.61. The molecule has 2 rings (SSSR count). The lowest BCUT2D eigenvalue weighted by atomic mass is 10.0. The van der Waals surface area contributed by atoms with Crippen molar-refractivity contribution in [3.8, 4) is 6.07 Å². The number of rotatable bonds is 5. The lowest BCUT2D eigenvalue weighted by Gasteiger charge is -2.22. The molecule has 0 saturated heterocycles. The van der Waals surface area contributed by atoms with E-state index in [1.54, 1.807) is 6.92 Å². The van der Waals surface area contributed by atoms with Gasteiger partial charge in [0.2, 0.25) is 0 Å². The number of nitro groups is 1. The molecule has 0 aliphatic rings. The van der Waals surface area contributed by atoms with Gasteiger partial charge in [-0.2, -0.15) is 5.26 Å². The summed E-state index contributed by atoms with van der Waals surface area (Å²) < 4.78 is 12.9. The van der Waals surface area contributed by atoms with Gasteiger partial charge in [-0.25, -0.2) is 4.39 Å². The highest BCUT2D eigenvalue weighted by Crippen LogP contribution is 2.25. The molecular formula is C16H14FN3O3. The average Bonchev–Trinajstić information content (AvgIpc) is 2.55. The summed E-state index contributed by atoms with van der Waals surface area (Å²) in [5.41, 5.74) is 0.828. The number of nitriles is 1. The topological polar surface area (TPSA) is 99.2 Å². The highest BCUT2D eigenvalue weighted by atomic mass is 19.1. The average molecular weight is 315 g/mol. The molecule has 2 aromatic carbocycles. The van der Waals surface area contributed by atoms with Crippen LogP contribution in [-0.4, -0.2) is 16.1 Å². The maximum Gasteiger partial charge on any atom is 0.270 e. The number of non-ortho nitro benzene ring substituents is 1. The second kappa shape index (κ2) is 6.85. The molecular weight excluding hydrogens is 301 g/mol. The predicted octanol–water partition coefficient (Wildman–Crippen LogP) is 3.14. The zero-order chi connectivity index (χ0) is 17.0. The quantitative estimate of drug-likeness (QED) is 0.652. The summed E-state index contributed by atoms with van der Waals surface area (Å²) in [6.07, 6.45) is -0.933. The second-order valence-electron chi connectivity index (χ2n) is 5.03. The molecule has 0 bridgehead atoms. The number of nitrogens with zero attached hydrogens (tertiary/aromatic N) is 2. The molecule has 0 fully saturated rings. The number of anilines is 1. The molecule has 2 unspecified atom stereocenters. The van der Waals surface area contributed by atoms with E-state index in [2.05, 4.69) is 5.32 Å². The Hall–Kier alpha value is -2.98. The molecule has 118 valence electrons. The van der Waals surface area contributed by atoms with E-state index < -0.39 is 22.9 Å². The minimum absolute atomic E-state index is 0.109. The molecule has 7 heteroatoms. The Labute approximate surface area is 132 Å². The van der Waals surface area contributed by atoms with Crippen molar-refractivity contribution in [1.29, 1.82) is 5.26 Å². The Balaban J connectivity index is 2.19. The fraction of sp³-hybridized carbons (Fsp3) is 0.188. The third kappa shape index (κ3) is 3.81. The largest absolute Gasteiger partial charge is 0.386 e. The fourth-order valence-electron chi connectivity index (χ4n) is 2.14. The molecule has 0 heterocycles. The van der Waals surface area contributed by atoms with Gasteiger partial charge in [-0.3, -0.25) is 10.1 Å². The van der Waals surface area contributed by atoms with Gasteiger partial charge >= 0.3 is 0 Å². The minimum atomic E-state index is -0.933. The highest BCUT2D eigenvalue weighted by Gasteiger charge is 2.18. The van der Waals surface area contributed by atoms with E-state index in [4.69, 9.17) is 5.26 Å². The van der Waals surface area contributed by atoms with Crippen LogP contribution in [-0.2, 0) is 0 Å². The lowest BCUT2D eigenvalue weighted by molar-refractivity contribution is -0.384. The zero-order valence-electron chi connectivity index (χ0n) is 12.2. The Morgan fingerprint density at radius 1 is 1.30 bits per heavy atom. The minimum Gasteiger partial charge on any atom is -0.386 e. The Bertz CT molecular complexity index is 756. The van der Waals surface area contributed by atoms with Gasteiger partial charge < -0.3 is 10.4 Å². The van der Waals surface area contributed by atoms with Crippen molar-refractivity contribution >= 4 is 11.4 Å². The molecule has 0 aliphatic carbocycles. The van der Waals surface area contributed by atoms with Crippen molar-refractivity contribution in [2.75, 3.05) is 5.32 Å². The van der Waals surface area contributed by atoms with Gasteiger partial charge in [-0.05, 0) is 30.7 Å². The SMILES string of the molecule is CC(Nc1ccc([N+](=O)[O-])cc1C#N)C(O)c1ccc(F)cc1. The van der Waals surface area contributed by atoms with Gasteiger partial charge in [0.25, 0.3) is 5.69 Å². The molecule has 0 aliphatic heterocycles. The molecule has 6 nitrogen and oxygen atoms in total. The molecule has 2 aromatic rings. The van der Waals surface area contributed by atoms with Gasteiger partial charge in [0.1, 0.15) is 11.9 Å². The number of aliphatic hydroxyl groups is 1. The Morgan fingerprint density at radius 2 is 1.96 bits per heavy atom. The van der Waals surface area contributed by atoms with E-state index in [9.17, 15) is 19.6 Å². The van der Waals surface area contributed by atoms with E-state index in [1.807, 2.05) is 6.07 Å². The first kappa shape index (κ1) is 16.4. The summed E-state index contributed by atoms with van der Waals surface area (Å²) in [5, 5.41) is 33.1. The van der Waals surface area contributed by atoms with Crippen LogP contribution < -0.4 is 5.32 Å². The summed E-state index contributed by atoms with van der Waals surface area (Å²) >= 11 is 0. The molecule has 23 heavy (non-hydrogen) atoms. The number of hydrogen-bond acceptors (Lipinski definition) is 5. The first-order valence-electron chi connectivity index (χ1n) is 6.81. The zero-order valence-corrected chi connectivity index (χ0v) is 12.2. The predicted molar refractivity (Wildman–Crippen MR) is 82.3 cm³/mol. The molecule has 0 saturated carbocycles. The summed E-state index contributed by atoms with van der Waals surface area (Å²) in [7, 11) is 0. The van der Waals surface area contributed by atoms with Crippen molar-refractivity contribution in [2.45, 2.75) is 19.1 Å². The molecule has 0 amide bonds. The number of nitro benzene ring substituents is 1. The molecule has 0 radical (unpaired) electrons. The monoisotopic (exact) mass is 315 g/mol. The maximum absolute atomic E-state index is 12.9. The van der Waals surface area contributed by atoms with Crippen LogP contribution in [0.25, 0.3) is 0 Å². The number of hydrogen-bond donors (Lipinski definition) is 2. The van der Waals surface area contributed by atoms with E-state index in [1.165, 1.54) is 42.5 Å². The third-order valence-electron chi connectivity index (χ3n) is 3.40. The second-order valence-corrected chi connectivity index (χ2v) is 5.03. The third-order valence-corrected chi connectivity index (χ3v) is 3.40. The normalized spacial score (nSPS) is 13.0. The summed E-state index contributed by atoms with van der Waals surface area (Å²) in [4.78, 5) is 10.1. The molecule has 2 atom stereocenters. The van der Waals surface area contributed by atoms with Crippen molar-refractivity contribution in [3.05, 3.63) is 69.5 Å². The van der Waals surface area contributed by atoms with Crippen molar-refractivity contribution in [1.82, 2.24) is 0 Å². The Kier molecular flexibility index (Phi) is 4.88. The van der Waals surface area contributed by atoms with Crippen molar-refractivity contribution in [3.63, 3.8) is 0 Å². The smallest absolute Gasteiger partial charge is 0.270 e. The first-order chi connectivity index (χ1) is 10.9. The number of aliphatic hydroxyl groups excluding tert-OH is 1. The fourth-order valence-corrected chi connectivity index (χ4v) is 2.14. The standard InChI is InChI=1S/C16H14FN3O3/c1-10(16(21)11-2-4-13(17)5-3-11)19-15-7-6-14(20(22)23)8-12(15)9-18/h2-8,10,16,19,21H,1H3. The molecule has 2 N–H and O–H groups in total. The number of halogens is 1. The van der Waals surface area contributed by atoms with Crippen LogP contribution in [0.3, 0.4) is 0 Å². The van der Waals surface area contributed by atoms with Gasteiger partial charge in [0.05, 0.1) is 28.3 Å². The van der Waals surface area contributed by atoms with E-state index in [-0.39, 0.29) is 11.3 Å².